The number of nitrogens with zero attached hydrogens (tertiary/aromatic N) is 1. The van der Waals surface area contributed by atoms with E-state index in [1.807, 2.05) is 49.6 Å². The van der Waals surface area contributed by atoms with Gasteiger partial charge in [-0.1, -0.05) is 24.3 Å². The molecule has 0 aliphatic carbocycles. The molecule has 0 amide bonds. The Kier molecular flexibility index (Phi) is 5.50. The van der Waals surface area contributed by atoms with Crippen molar-refractivity contribution in [3.63, 3.8) is 0 Å². The average molecular weight is 419 g/mol. The van der Waals surface area contributed by atoms with E-state index in [2.05, 4.69) is 10.3 Å². The van der Waals surface area contributed by atoms with E-state index in [1.54, 1.807) is 36.7 Å². The molecule has 1 unspecified atom stereocenters. The Morgan fingerprint density at radius 1 is 1.10 bits per heavy atom. The van der Waals surface area contributed by atoms with Crippen molar-refractivity contribution in [1.82, 2.24) is 10.3 Å². The number of dihydropyridines is 1. The quantitative estimate of drug-likeness (QED) is 0.599. The normalized spacial score (nSPS) is 16.6. The van der Waals surface area contributed by atoms with E-state index in [9.17, 15) is 9.59 Å². The van der Waals surface area contributed by atoms with Crippen LogP contribution in [-0.2, 0) is 20.9 Å². The summed E-state index contributed by atoms with van der Waals surface area (Å²) in [6.45, 7) is 5.39. The number of allylic oxidation sites excluding steroid dienone is 3. The molecule has 3 aromatic rings. The molecule has 0 radical (unpaired) electrons. The zero-order valence-electron chi connectivity index (χ0n) is 17.1. The number of hydrogen-bond acceptors (Lipinski definition) is 6. The minimum atomic E-state index is -0.471. The third-order valence-corrected chi connectivity index (χ3v) is 6.26. The van der Waals surface area contributed by atoms with Gasteiger partial charge in [0.2, 0.25) is 0 Å². The van der Waals surface area contributed by atoms with Gasteiger partial charge in [-0.2, -0.15) is 0 Å². The summed E-state index contributed by atoms with van der Waals surface area (Å²) in [5, 5.41) is 6.30. The highest BCUT2D eigenvalue weighted by atomic mass is 32.1. The highest BCUT2D eigenvalue weighted by Crippen LogP contribution is 2.43. The third kappa shape index (κ3) is 3.66. The molecule has 6 heteroatoms. The van der Waals surface area contributed by atoms with E-state index in [4.69, 9.17) is 4.74 Å². The number of esters is 1. The average Bonchev–Trinajstić information content (AvgIpc) is 3.16. The summed E-state index contributed by atoms with van der Waals surface area (Å²) in [4.78, 5) is 29.9. The number of thiophene rings is 1. The fraction of sp³-hybridized carbons (Fsp3) is 0.208. The smallest absolute Gasteiger partial charge is 0.337 e. The molecule has 0 saturated carbocycles. The van der Waals surface area contributed by atoms with Crippen molar-refractivity contribution in [3.05, 3.63) is 87.8 Å². The van der Waals surface area contributed by atoms with Gasteiger partial charge in [0.15, 0.2) is 5.78 Å². The summed E-state index contributed by atoms with van der Waals surface area (Å²) >= 11 is 1.61. The van der Waals surface area contributed by atoms with Crippen LogP contribution >= 0.6 is 11.3 Å². The zero-order chi connectivity index (χ0) is 21.3. The van der Waals surface area contributed by atoms with Gasteiger partial charge in [-0.15, -0.1) is 11.3 Å². The van der Waals surface area contributed by atoms with E-state index >= 15 is 0 Å². The molecule has 0 fully saturated rings. The first-order chi connectivity index (χ1) is 14.5. The predicted molar refractivity (Wildman–Crippen MR) is 118 cm³/mol. The number of nitrogens with one attached hydrogen (secondary N) is 1. The number of carbonyl (C=O) groups excluding carboxylic acids is 2. The highest BCUT2D eigenvalue weighted by molar-refractivity contribution is 7.17. The molecule has 1 aromatic carbocycles. The van der Waals surface area contributed by atoms with Crippen LogP contribution < -0.4 is 5.32 Å². The van der Waals surface area contributed by atoms with Crippen molar-refractivity contribution in [2.75, 3.05) is 0 Å². The molecule has 3 heterocycles. The van der Waals surface area contributed by atoms with E-state index in [-0.39, 0.29) is 12.4 Å². The van der Waals surface area contributed by atoms with Crippen LogP contribution in [0.5, 0.6) is 0 Å². The first kappa shape index (κ1) is 20.0. The lowest BCUT2D eigenvalue weighted by Crippen LogP contribution is -2.31. The van der Waals surface area contributed by atoms with Crippen LogP contribution in [0.3, 0.4) is 0 Å². The Morgan fingerprint density at radius 2 is 1.87 bits per heavy atom. The molecule has 4 rings (SSSR count). The molecule has 2 aromatic heterocycles. The third-order valence-electron chi connectivity index (χ3n) is 5.27. The number of ether oxygens (including phenoxy) is 1. The summed E-state index contributed by atoms with van der Waals surface area (Å²) < 4.78 is 6.75. The lowest BCUT2D eigenvalue weighted by atomic mass is 9.79. The predicted octanol–water partition coefficient (Wildman–Crippen LogP) is 4.86. The van der Waals surface area contributed by atoms with E-state index in [0.717, 1.165) is 26.9 Å². The van der Waals surface area contributed by atoms with Crippen molar-refractivity contribution >= 4 is 33.2 Å². The van der Waals surface area contributed by atoms with E-state index in [0.29, 0.717) is 16.8 Å². The highest BCUT2D eigenvalue weighted by Gasteiger charge is 2.37. The molecule has 0 spiro atoms. The number of carbonyl (C=O) groups is 2. The Bertz CT molecular complexity index is 1190. The molecular formula is C24H22N2O3S. The lowest BCUT2D eigenvalue weighted by molar-refractivity contribution is -0.140. The van der Waals surface area contributed by atoms with Crippen molar-refractivity contribution in [1.29, 1.82) is 0 Å². The SMILES string of the molecule is CC(=O)C1=C(C)NC(C)=C(C(=O)OCc2cccnc2)C1c1csc2ccccc12. The minimum Gasteiger partial charge on any atom is -0.457 e. The monoisotopic (exact) mass is 418 g/mol. The molecular weight excluding hydrogens is 396 g/mol. The summed E-state index contributed by atoms with van der Waals surface area (Å²) in [5.74, 6) is -0.970. The second-order valence-corrected chi connectivity index (χ2v) is 8.23. The van der Waals surface area contributed by atoms with Gasteiger partial charge in [0.25, 0.3) is 0 Å². The summed E-state index contributed by atoms with van der Waals surface area (Å²) in [6, 6.07) is 11.7. The second kappa shape index (κ2) is 8.24. The summed E-state index contributed by atoms with van der Waals surface area (Å²) in [6.07, 6.45) is 3.34. The largest absolute Gasteiger partial charge is 0.457 e. The van der Waals surface area contributed by atoms with Gasteiger partial charge in [-0.05, 0) is 49.2 Å². The summed E-state index contributed by atoms with van der Waals surface area (Å²) in [5.41, 5.74) is 4.30. The van der Waals surface area contributed by atoms with Gasteiger partial charge in [0.1, 0.15) is 6.61 Å². The van der Waals surface area contributed by atoms with Gasteiger partial charge in [0.05, 0.1) is 5.57 Å². The number of pyridine rings is 1. The van der Waals surface area contributed by atoms with Crippen LogP contribution in [-0.4, -0.2) is 16.7 Å². The van der Waals surface area contributed by atoms with Crippen molar-refractivity contribution in [3.8, 4) is 0 Å². The summed E-state index contributed by atoms with van der Waals surface area (Å²) in [7, 11) is 0. The number of aromatic nitrogens is 1. The molecule has 1 aliphatic heterocycles. The Balaban J connectivity index is 1.77. The second-order valence-electron chi connectivity index (χ2n) is 7.32. The van der Waals surface area contributed by atoms with E-state index < -0.39 is 11.9 Å². The number of hydrogen-bond donors (Lipinski definition) is 1. The van der Waals surface area contributed by atoms with E-state index in [1.165, 1.54) is 0 Å². The number of fused-ring (bicyclic) bond motifs is 1. The standard InChI is InChI=1S/C24H22N2O3S/c1-14-21(16(3)27)23(19-13-30-20-9-5-4-8-18(19)20)22(15(2)26-14)24(28)29-12-17-7-6-10-25-11-17/h4-11,13,23,26H,12H2,1-3H3. The fourth-order valence-corrected chi connectivity index (χ4v) is 4.96. The van der Waals surface area contributed by atoms with Crippen LogP contribution in [0.2, 0.25) is 0 Å². The van der Waals surface area contributed by atoms with Gasteiger partial charge in [-0.25, -0.2) is 4.79 Å². The minimum absolute atomic E-state index is 0.0645. The molecule has 0 bridgehead atoms. The number of rotatable bonds is 5. The van der Waals surface area contributed by atoms with Crippen LogP contribution in [0, 0.1) is 0 Å². The first-order valence-corrected chi connectivity index (χ1v) is 10.6. The lowest BCUT2D eigenvalue weighted by Gasteiger charge is -2.30. The van der Waals surface area contributed by atoms with Crippen molar-refractivity contribution < 1.29 is 14.3 Å². The number of benzene rings is 1. The van der Waals surface area contributed by atoms with Gasteiger partial charge in [-0.3, -0.25) is 9.78 Å². The van der Waals surface area contributed by atoms with Crippen molar-refractivity contribution in [2.45, 2.75) is 33.3 Å². The Hall–Kier alpha value is -3.25. The first-order valence-electron chi connectivity index (χ1n) is 9.69. The molecule has 152 valence electrons. The number of Topliss-reactive ketones (excluding diaryl/α,β-unsaturated/α-hetero) is 1. The van der Waals surface area contributed by atoms with Crippen LogP contribution in [0.4, 0.5) is 0 Å². The van der Waals surface area contributed by atoms with Crippen LogP contribution in [0.1, 0.15) is 37.8 Å². The molecule has 5 nitrogen and oxygen atoms in total. The maximum atomic E-state index is 13.2. The zero-order valence-corrected chi connectivity index (χ0v) is 17.9. The Labute approximate surface area is 179 Å². The molecule has 1 atom stereocenters. The topological polar surface area (TPSA) is 68.3 Å². The maximum absolute atomic E-state index is 13.2. The van der Waals surface area contributed by atoms with Crippen LogP contribution in [0.25, 0.3) is 10.1 Å². The fourth-order valence-electron chi connectivity index (χ4n) is 3.97. The molecule has 0 saturated heterocycles. The van der Waals surface area contributed by atoms with Gasteiger partial charge < -0.3 is 10.1 Å². The van der Waals surface area contributed by atoms with Gasteiger partial charge >= 0.3 is 5.97 Å². The Morgan fingerprint density at radius 3 is 2.60 bits per heavy atom. The number of ketones is 1. The molecule has 1 aliphatic rings. The molecule has 1 N–H and O–H groups in total. The van der Waals surface area contributed by atoms with Crippen molar-refractivity contribution in [2.24, 2.45) is 0 Å². The maximum Gasteiger partial charge on any atom is 0.337 e. The van der Waals surface area contributed by atoms with Gasteiger partial charge in [0, 0.05) is 45.5 Å². The van der Waals surface area contributed by atoms with Crippen LogP contribution in [0.15, 0.2) is 76.7 Å². The molecule has 30 heavy (non-hydrogen) atoms.